The fraction of sp³-hybridized carbons (Fsp3) is 0.647. The van der Waals surface area contributed by atoms with Crippen LogP contribution >= 0.6 is 0 Å². The zero-order valence-corrected chi connectivity index (χ0v) is 15.5. The molecule has 8 nitrogen and oxygen atoms in total. The van der Waals surface area contributed by atoms with Gasteiger partial charge in [0.25, 0.3) is 0 Å². The lowest BCUT2D eigenvalue weighted by Crippen LogP contribution is -2.58. The minimum absolute atomic E-state index is 0.0353. The lowest BCUT2D eigenvalue weighted by atomic mass is 10.1. The van der Waals surface area contributed by atoms with Gasteiger partial charge in [-0.25, -0.2) is 14.8 Å². The van der Waals surface area contributed by atoms with Gasteiger partial charge in [0.1, 0.15) is 5.60 Å². The second-order valence-corrected chi connectivity index (χ2v) is 7.26. The molecule has 1 saturated heterocycles. The quantitative estimate of drug-likeness (QED) is 0.894. The number of amides is 2. The first kappa shape index (κ1) is 19.1. The molecule has 0 unspecified atom stereocenters. The Morgan fingerprint density at radius 3 is 2.48 bits per heavy atom. The third kappa shape index (κ3) is 5.38. The summed E-state index contributed by atoms with van der Waals surface area (Å²) in [5.74, 6) is 0.129. The predicted molar refractivity (Wildman–Crippen MR) is 94.1 cm³/mol. The molecule has 1 aromatic rings. The monoisotopic (exact) mass is 349 g/mol. The van der Waals surface area contributed by atoms with Gasteiger partial charge >= 0.3 is 6.09 Å². The SMILES string of the molecule is C[C@@H]1CN([C@@H](C)C(=O)Nc2ncccn2)CCN1C(=O)OC(C)(C)C. The van der Waals surface area contributed by atoms with Crippen LogP contribution in [0.15, 0.2) is 18.5 Å². The zero-order valence-electron chi connectivity index (χ0n) is 15.5. The number of carbonyl (C=O) groups excluding carboxylic acids is 2. The van der Waals surface area contributed by atoms with Crippen LogP contribution in [0.3, 0.4) is 0 Å². The highest BCUT2D eigenvalue weighted by Gasteiger charge is 2.34. The Morgan fingerprint density at radius 2 is 1.92 bits per heavy atom. The molecule has 2 atom stereocenters. The summed E-state index contributed by atoms with van der Waals surface area (Å²) in [5, 5.41) is 2.71. The Bertz CT molecular complexity index is 602. The second kappa shape index (κ2) is 7.77. The molecule has 0 radical (unpaired) electrons. The number of ether oxygens (including phenoxy) is 1. The van der Waals surface area contributed by atoms with Gasteiger partial charge in [-0.1, -0.05) is 0 Å². The number of carbonyl (C=O) groups is 2. The summed E-state index contributed by atoms with van der Waals surface area (Å²) in [6.45, 7) is 11.1. The fourth-order valence-electron chi connectivity index (χ4n) is 2.67. The van der Waals surface area contributed by atoms with Crippen molar-refractivity contribution in [3.8, 4) is 0 Å². The standard InChI is InChI=1S/C17H27N5O3/c1-12-11-21(9-10-22(12)16(24)25-17(3,4)5)13(2)14(23)20-15-18-7-6-8-19-15/h6-8,12-13H,9-11H2,1-5H3,(H,18,19,20,23)/t12-,13+/m1/s1. The summed E-state index contributed by atoms with van der Waals surface area (Å²) in [4.78, 5) is 36.4. The lowest BCUT2D eigenvalue weighted by Gasteiger charge is -2.42. The molecule has 0 aliphatic carbocycles. The van der Waals surface area contributed by atoms with E-state index in [4.69, 9.17) is 4.74 Å². The molecular weight excluding hydrogens is 322 g/mol. The minimum Gasteiger partial charge on any atom is -0.444 e. The van der Waals surface area contributed by atoms with E-state index in [2.05, 4.69) is 15.3 Å². The normalized spacial score (nSPS) is 20.0. The van der Waals surface area contributed by atoms with Crippen molar-refractivity contribution in [2.24, 2.45) is 0 Å². The Hall–Kier alpha value is -2.22. The number of nitrogens with zero attached hydrogens (tertiary/aromatic N) is 4. The molecule has 8 heteroatoms. The number of rotatable bonds is 3. The molecule has 0 aromatic carbocycles. The van der Waals surface area contributed by atoms with Gasteiger partial charge in [-0.15, -0.1) is 0 Å². The van der Waals surface area contributed by atoms with E-state index in [0.717, 1.165) is 0 Å². The van der Waals surface area contributed by atoms with E-state index in [9.17, 15) is 9.59 Å². The predicted octanol–water partition coefficient (Wildman–Crippen LogP) is 1.74. The first-order valence-electron chi connectivity index (χ1n) is 8.49. The van der Waals surface area contributed by atoms with Crippen molar-refractivity contribution in [1.29, 1.82) is 0 Å². The van der Waals surface area contributed by atoms with Gasteiger partial charge in [-0.3, -0.25) is 15.0 Å². The van der Waals surface area contributed by atoms with Crippen LogP contribution in [-0.4, -0.2) is 69.1 Å². The molecule has 0 saturated carbocycles. The Morgan fingerprint density at radius 1 is 1.28 bits per heavy atom. The maximum Gasteiger partial charge on any atom is 0.410 e. The molecule has 0 bridgehead atoms. The summed E-state index contributed by atoms with van der Waals surface area (Å²) in [7, 11) is 0. The van der Waals surface area contributed by atoms with Crippen LogP contribution in [-0.2, 0) is 9.53 Å². The molecule has 1 aromatic heterocycles. The van der Waals surface area contributed by atoms with Gasteiger partial charge < -0.3 is 9.64 Å². The van der Waals surface area contributed by atoms with Crippen molar-refractivity contribution in [3.05, 3.63) is 18.5 Å². The van der Waals surface area contributed by atoms with E-state index in [-0.39, 0.29) is 24.1 Å². The van der Waals surface area contributed by atoms with Crippen molar-refractivity contribution < 1.29 is 14.3 Å². The highest BCUT2D eigenvalue weighted by atomic mass is 16.6. The van der Waals surface area contributed by atoms with Gasteiger partial charge in [0, 0.05) is 38.1 Å². The van der Waals surface area contributed by atoms with Crippen LogP contribution in [0.1, 0.15) is 34.6 Å². The maximum absolute atomic E-state index is 12.4. The van der Waals surface area contributed by atoms with Crippen molar-refractivity contribution in [2.75, 3.05) is 25.0 Å². The van der Waals surface area contributed by atoms with Gasteiger partial charge in [0.15, 0.2) is 0 Å². The van der Waals surface area contributed by atoms with Gasteiger partial charge in [0.05, 0.1) is 6.04 Å². The smallest absolute Gasteiger partial charge is 0.410 e. The van der Waals surface area contributed by atoms with Crippen molar-refractivity contribution in [2.45, 2.75) is 52.3 Å². The number of aromatic nitrogens is 2. The Labute approximate surface area is 148 Å². The van der Waals surface area contributed by atoms with Crippen LogP contribution in [0, 0.1) is 0 Å². The average molecular weight is 349 g/mol. The van der Waals surface area contributed by atoms with Crippen LogP contribution in [0.4, 0.5) is 10.7 Å². The van der Waals surface area contributed by atoms with E-state index in [0.29, 0.717) is 25.6 Å². The lowest BCUT2D eigenvalue weighted by molar-refractivity contribution is -0.121. The summed E-state index contributed by atoms with van der Waals surface area (Å²) in [6.07, 6.45) is 2.85. The molecule has 138 valence electrons. The molecule has 1 fully saturated rings. The van der Waals surface area contributed by atoms with Crippen molar-refractivity contribution >= 4 is 17.9 Å². The molecule has 2 amide bonds. The van der Waals surface area contributed by atoms with E-state index < -0.39 is 5.60 Å². The number of piperazine rings is 1. The van der Waals surface area contributed by atoms with Crippen molar-refractivity contribution in [1.82, 2.24) is 19.8 Å². The van der Waals surface area contributed by atoms with Gasteiger partial charge in [-0.05, 0) is 40.7 Å². The Kier molecular flexibility index (Phi) is 5.94. The van der Waals surface area contributed by atoms with Crippen LogP contribution in [0.5, 0.6) is 0 Å². The largest absolute Gasteiger partial charge is 0.444 e. The van der Waals surface area contributed by atoms with Gasteiger partial charge in [-0.2, -0.15) is 0 Å². The van der Waals surface area contributed by atoms with Crippen molar-refractivity contribution in [3.63, 3.8) is 0 Å². The van der Waals surface area contributed by atoms with Crippen LogP contribution < -0.4 is 5.32 Å². The summed E-state index contributed by atoms with van der Waals surface area (Å²) in [6, 6.07) is 1.32. The number of anilines is 1. The van der Waals surface area contributed by atoms with Gasteiger partial charge in [0.2, 0.25) is 11.9 Å². The number of hydrogen-bond acceptors (Lipinski definition) is 6. The highest BCUT2D eigenvalue weighted by Crippen LogP contribution is 2.17. The number of nitrogens with one attached hydrogen (secondary N) is 1. The topological polar surface area (TPSA) is 87.7 Å². The molecule has 2 rings (SSSR count). The molecule has 2 heterocycles. The molecule has 25 heavy (non-hydrogen) atoms. The average Bonchev–Trinajstić information content (AvgIpc) is 2.53. The minimum atomic E-state index is -0.517. The van der Waals surface area contributed by atoms with Crippen LogP contribution in [0.25, 0.3) is 0 Å². The maximum atomic E-state index is 12.4. The first-order valence-corrected chi connectivity index (χ1v) is 8.49. The summed E-state index contributed by atoms with van der Waals surface area (Å²) < 4.78 is 5.44. The van der Waals surface area contributed by atoms with E-state index in [1.165, 1.54) is 0 Å². The fourth-order valence-corrected chi connectivity index (χ4v) is 2.67. The molecule has 1 N–H and O–H groups in total. The molecule has 1 aliphatic rings. The third-order valence-electron chi connectivity index (χ3n) is 4.01. The summed E-state index contributed by atoms with van der Waals surface area (Å²) >= 11 is 0. The second-order valence-electron chi connectivity index (χ2n) is 7.26. The summed E-state index contributed by atoms with van der Waals surface area (Å²) in [5.41, 5.74) is -0.517. The molecular formula is C17H27N5O3. The van der Waals surface area contributed by atoms with E-state index in [1.807, 2.05) is 39.5 Å². The van der Waals surface area contributed by atoms with E-state index in [1.54, 1.807) is 23.4 Å². The zero-order chi connectivity index (χ0) is 18.6. The molecule has 1 aliphatic heterocycles. The van der Waals surface area contributed by atoms with E-state index >= 15 is 0 Å². The highest BCUT2D eigenvalue weighted by molar-refractivity contribution is 5.93. The third-order valence-corrected chi connectivity index (χ3v) is 4.01. The first-order chi connectivity index (χ1) is 11.7. The molecule has 0 spiro atoms. The van der Waals surface area contributed by atoms with Crippen LogP contribution in [0.2, 0.25) is 0 Å². The Balaban J connectivity index is 1.91. The number of hydrogen-bond donors (Lipinski definition) is 1.